The molecule has 114 valence electrons. The third-order valence-corrected chi connectivity index (χ3v) is 4.15. The molecule has 1 rings (SSSR count). The molecule has 0 aromatic carbocycles. The molecule has 1 atom stereocenters. The minimum atomic E-state index is 0.538. The molecule has 2 heteroatoms. The molecule has 1 heterocycles. The van der Waals surface area contributed by atoms with Crippen molar-refractivity contribution in [1.82, 2.24) is 10.2 Å². The van der Waals surface area contributed by atoms with Gasteiger partial charge in [0.25, 0.3) is 0 Å². The fourth-order valence-corrected chi connectivity index (χ4v) is 3.70. The molecule has 0 aromatic heterocycles. The van der Waals surface area contributed by atoms with Crippen LogP contribution in [0.25, 0.3) is 0 Å². The van der Waals surface area contributed by atoms with Gasteiger partial charge < -0.3 is 10.2 Å². The molecule has 0 aliphatic carbocycles. The Labute approximate surface area is 121 Å². The van der Waals surface area contributed by atoms with Gasteiger partial charge in [0, 0.05) is 26.2 Å². The van der Waals surface area contributed by atoms with E-state index in [0.29, 0.717) is 5.41 Å². The molecule has 1 saturated heterocycles. The average Bonchev–Trinajstić information content (AvgIpc) is 2.28. The maximum Gasteiger partial charge on any atom is 0.00504 e. The molecular formula is C17H36N2. The van der Waals surface area contributed by atoms with Crippen molar-refractivity contribution in [3.8, 4) is 0 Å². The molecule has 1 fully saturated rings. The topological polar surface area (TPSA) is 15.3 Å². The number of hydrogen-bond acceptors (Lipinski definition) is 2. The lowest BCUT2D eigenvalue weighted by Crippen LogP contribution is -2.49. The van der Waals surface area contributed by atoms with Crippen LogP contribution in [0.3, 0.4) is 0 Å². The smallest absolute Gasteiger partial charge is 0.00504 e. The van der Waals surface area contributed by atoms with Crippen LogP contribution < -0.4 is 5.32 Å². The Morgan fingerprint density at radius 1 is 1.11 bits per heavy atom. The third-order valence-electron chi connectivity index (χ3n) is 4.15. The van der Waals surface area contributed by atoms with Crippen LogP contribution in [-0.4, -0.2) is 37.6 Å². The molecule has 1 aliphatic rings. The predicted molar refractivity (Wildman–Crippen MR) is 85.6 cm³/mol. The first-order valence-electron chi connectivity index (χ1n) is 8.40. The van der Waals surface area contributed by atoms with Crippen molar-refractivity contribution in [2.75, 3.05) is 32.7 Å². The quantitative estimate of drug-likeness (QED) is 0.721. The van der Waals surface area contributed by atoms with E-state index in [4.69, 9.17) is 0 Å². The largest absolute Gasteiger partial charge is 0.316 e. The highest BCUT2D eigenvalue weighted by Gasteiger charge is 2.33. The molecule has 1 N–H and O–H groups in total. The van der Waals surface area contributed by atoms with Gasteiger partial charge >= 0.3 is 0 Å². The van der Waals surface area contributed by atoms with Gasteiger partial charge in [0.1, 0.15) is 0 Å². The lowest BCUT2D eigenvalue weighted by atomic mass is 9.76. The van der Waals surface area contributed by atoms with Crippen molar-refractivity contribution in [3.63, 3.8) is 0 Å². The Bertz CT molecular complexity index is 214. The Morgan fingerprint density at radius 2 is 1.74 bits per heavy atom. The van der Waals surface area contributed by atoms with Gasteiger partial charge in [0.2, 0.25) is 0 Å². The lowest BCUT2D eigenvalue weighted by Gasteiger charge is -2.42. The summed E-state index contributed by atoms with van der Waals surface area (Å²) >= 11 is 0. The summed E-state index contributed by atoms with van der Waals surface area (Å²) < 4.78 is 0. The fourth-order valence-electron chi connectivity index (χ4n) is 3.70. The maximum atomic E-state index is 3.65. The Kier molecular flexibility index (Phi) is 7.38. The zero-order chi connectivity index (χ0) is 14.3. The standard InChI is InChI=1S/C17H36N2/c1-6-8-17(9-7-10-18-13-17)14-19(11-15(2)3)12-16(4)5/h15-16,18H,6-14H2,1-5H3. The number of piperidine rings is 1. The number of hydrogen-bond donors (Lipinski definition) is 1. The molecule has 1 aliphatic heterocycles. The van der Waals surface area contributed by atoms with E-state index in [9.17, 15) is 0 Å². The van der Waals surface area contributed by atoms with Crippen molar-refractivity contribution in [2.24, 2.45) is 17.3 Å². The minimum absolute atomic E-state index is 0.538. The molecule has 1 unspecified atom stereocenters. The minimum Gasteiger partial charge on any atom is -0.316 e. The van der Waals surface area contributed by atoms with Gasteiger partial charge in [-0.2, -0.15) is 0 Å². The van der Waals surface area contributed by atoms with E-state index in [0.717, 1.165) is 11.8 Å². The van der Waals surface area contributed by atoms with Crippen LogP contribution in [0.5, 0.6) is 0 Å². The van der Waals surface area contributed by atoms with Crippen molar-refractivity contribution in [2.45, 2.75) is 60.3 Å². The summed E-state index contributed by atoms with van der Waals surface area (Å²) in [5, 5.41) is 3.65. The van der Waals surface area contributed by atoms with Crippen LogP contribution in [0.4, 0.5) is 0 Å². The first-order chi connectivity index (χ1) is 8.97. The Balaban J connectivity index is 2.65. The van der Waals surface area contributed by atoms with E-state index in [1.54, 1.807) is 0 Å². The van der Waals surface area contributed by atoms with E-state index < -0.39 is 0 Å². The lowest BCUT2D eigenvalue weighted by molar-refractivity contribution is 0.0901. The normalized spacial score (nSPS) is 24.6. The highest BCUT2D eigenvalue weighted by molar-refractivity contribution is 4.88. The Hall–Kier alpha value is -0.0800. The third kappa shape index (κ3) is 6.27. The number of nitrogens with one attached hydrogen (secondary N) is 1. The monoisotopic (exact) mass is 268 g/mol. The summed E-state index contributed by atoms with van der Waals surface area (Å²) in [5.74, 6) is 1.54. The van der Waals surface area contributed by atoms with Crippen LogP contribution in [0.2, 0.25) is 0 Å². The van der Waals surface area contributed by atoms with Crippen LogP contribution in [0.15, 0.2) is 0 Å². The van der Waals surface area contributed by atoms with Gasteiger partial charge in [-0.05, 0) is 43.1 Å². The molecule has 0 saturated carbocycles. The molecule has 0 amide bonds. The summed E-state index contributed by atoms with van der Waals surface area (Å²) in [6, 6.07) is 0. The molecule has 0 bridgehead atoms. The van der Waals surface area contributed by atoms with E-state index >= 15 is 0 Å². The maximum absolute atomic E-state index is 3.65. The van der Waals surface area contributed by atoms with E-state index in [2.05, 4.69) is 44.8 Å². The second kappa shape index (κ2) is 8.26. The second-order valence-corrected chi connectivity index (χ2v) is 7.51. The average molecular weight is 268 g/mol. The summed E-state index contributed by atoms with van der Waals surface area (Å²) in [7, 11) is 0. The van der Waals surface area contributed by atoms with Gasteiger partial charge in [-0.25, -0.2) is 0 Å². The number of rotatable bonds is 8. The van der Waals surface area contributed by atoms with Crippen molar-refractivity contribution >= 4 is 0 Å². The first kappa shape index (κ1) is 17.0. The van der Waals surface area contributed by atoms with Crippen molar-refractivity contribution < 1.29 is 0 Å². The summed E-state index contributed by atoms with van der Waals surface area (Å²) in [5.41, 5.74) is 0.538. The fraction of sp³-hybridized carbons (Fsp3) is 1.00. The van der Waals surface area contributed by atoms with Crippen LogP contribution in [-0.2, 0) is 0 Å². The van der Waals surface area contributed by atoms with Gasteiger partial charge in [-0.15, -0.1) is 0 Å². The molecular weight excluding hydrogens is 232 g/mol. The van der Waals surface area contributed by atoms with Crippen molar-refractivity contribution in [1.29, 1.82) is 0 Å². The van der Waals surface area contributed by atoms with Gasteiger partial charge in [0.05, 0.1) is 0 Å². The predicted octanol–water partition coefficient (Wildman–Crippen LogP) is 3.77. The van der Waals surface area contributed by atoms with Gasteiger partial charge in [-0.1, -0.05) is 41.0 Å². The highest BCUT2D eigenvalue weighted by Crippen LogP contribution is 2.33. The van der Waals surface area contributed by atoms with Crippen LogP contribution in [0.1, 0.15) is 60.3 Å². The van der Waals surface area contributed by atoms with Gasteiger partial charge in [0.15, 0.2) is 0 Å². The summed E-state index contributed by atoms with van der Waals surface area (Å²) in [6.07, 6.45) is 5.48. The highest BCUT2D eigenvalue weighted by atomic mass is 15.1. The molecule has 0 spiro atoms. The first-order valence-corrected chi connectivity index (χ1v) is 8.40. The van der Waals surface area contributed by atoms with Crippen LogP contribution >= 0.6 is 0 Å². The molecule has 19 heavy (non-hydrogen) atoms. The van der Waals surface area contributed by atoms with Gasteiger partial charge in [-0.3, -0.25) is 0 Å². The SMILES string of the molecule is CCCC1(CN(CC(C)C)CC(C)C)CCCNC1. The van der Waals surface area contributed by atoms with E-state index in [-0.39, 0.29) is 0 Å². The number of nitrogens with zero attached hydrogens (tertiary/aromatic N) is 1. The van der Waals surface area contributed by atoms with E-state index in [1.807, 2.05) is 0 Å². The van der Waals surface area contributed by atoms with Crippen molar-refractivity contribution in [3.05, 3.63) is 0 Å². The molecule has 0 aromatic rings. The molecule has 2 nitrogen and oxygen atoms in total. The molecule has 0 radical (unpaired) electrons. The zero-order valence-corrected chi connectivity index (χ0v) is 14.0. The van der Waals surface area contributed by atoms with Crippen LogP contribution in [0, 0.1) is 17.3 Å². The zero-order valence-electron chi connectivity index (χ0n) is 14.0. The Morgan fingerprint density at radius 3 is 2.16 bits per heavy atom. The summed E-state index contributed by atoms with van der Waals surface area (Å²) in [6.45, 7) is 18.0. The van der Waals surface area contributed by atoms with E-state index in [1.165, 1.54) is 58.4 Å². The summed E-state index contributed by atoms with van der Waals surface area (Å²) in [4.78, 5) is 2.73. The second-order valence-electron chi connectivity index (χ2n) is 7.51.